The number of hydrogen-bond donors (Lipinski definition) is 2. The van der Waals surface area contributed by atoms with Gasteiger partial charge in [-0.3, -0.25) is 0 Å². The number of anilines is 2. The molecule has 1 aliphatic heterocycles. The molecule has 1 aliphatic carbocycles. The van der Waals surface area contributed by atoms with Gasteiger partial charge in [0.15, 0.2) is 0 Å². The maximum atomic E-state index is 9.15. The van der Waals surface area contributed by atoms with Gasteiger partial charge in [0.05, 0.1) is 10.7 Å². The van der Waals surface area contributed by atoms with Crippen LogP contribution in [0.1, 0.15) is 42.5 Å². The molecule has 0 radical (unpaired) electrons. The second kappa shape index (κ2) is 5.63. The molecular formula is C15H22N4S. The summed E-state index contributed by atoms with van der Waals surface area (Å²) in [5, 5.41) is 13.9. The molecule has 108 valence electrons. The summed E-state index contributed by atoms with van der Waals surface area (Å²) in [6.07, 6.45) is 3.70. The average molecular weight is 290 g/mol. The van der Waals surface area contributed by atoms with Gasteiger partial charge in [-0.2, -0.15) is 5.26 Å². The molecule has 3 N–H and O–H groups in total. The first-order chi connectivity index (χ1) is 9.72. The first-order valence-corrected chi connectivity index (χ1v) is 8.33. The minimum absolute atomic E-state index is 0.589. The molecule has 5 heteroatoms. The van der Waals surface area contributed by atoms with E-state index in [2.05, 4.69) is 23.2 Å². The van der Waals surface area contributed by atoms with Gasteiger partial charge in [0.25, 0.3) is 0 Å². The van der Waals surface area contributed by atoms with Crippen molar-refractivity contribution >= 4 is 22.0 Å². The summed E-state index contributed by atoms with van der Waals surface area (Å²) in [6.45, 7) is 6.78. The zero-order chi connectivity index (χ0) is 14.1. The van der Waals surface area contributed by atoms with Crippen molar-refractivity contribution in [3.63, 3.8) is 0 Å². The largest absolute Gasteiger partial charge is 0.397 e. The van der Waals surface area contributed by atoms with Crippen LogP contribution in [0, 0.1) is 17.2 Å². The van der Waals surface area contributed by atoms with Gasteiger partial charge in [0.2, 0.25) is 0 Å². The van der Waals surface area contributed by atoms with Crippen LogP contribution in [0.3, 0.4) is 0 Å². The number of nitrogens with two attached hydrogens (primary N) is 1. The van der Waals surface area contributed by atoms with Crippen LogP contribution in [-0.2, 0) is 0 Å². The Morgan fingerprint density at radius 3 is 2.85 bits per heavy atom. The van der Waals surface area contributed by atoms with Gasteiger partial charge in [-0.05, 0) is 44.2 Å². The van der Waals surface area contributed by atoms with E-state index in [0.29, 0.717) is 10.8 Å². The number of nitrogens with zero attached hydrogens (tertiary/aromatic N) is 2. The Hall–Kier alpha value is -1.25. The van der Waals surface area contributed by atoms with E-state index in [9.17, 15) is 0 Å². The summed E-state index contributed by atoms with van der Waals surface area (Å²) >= 11 is 1.53. The van der Waals surface area contributed by atoms with Crippen LogP contribution in [0.25, 0.3) is 0 Å². The molecule has 1 aromatic rings. The number of thiophene rings is 1. The molecular weight excluding hydrogens is 268 g/mol. The maximum absolute atomic E-state index is 9.15. The molecule has 0 bridgehead atoms. The highest BCUT2D eigenvalue weighted by atomic mass is 32.1. The molecule has 4 nitrogen and oxygen atoms in total. The summed E-state index contributed by atoms with van der Waals surface area (Å²) in [7, 11) is 0. The zero-order valence-corrected chi connectivity index (χ0v) is 12.8. The lowest BCUT2D eigenvalue weighted by molar-refractivity contribution is 0.345. The van der Waals surface area contributed by atoms with Crippen LogP contribution in [0.4, 0.5) is 10.7 Å². The fraction of sp³-hybridized carbons (Fsp3) is 0.667. The van der Waals surface area contributed by atoms with E-state index in [0.717, 1.165) is 29.7 Å². The Labute approximate surface area is 124 Å². The third-order valence-electron chi connectivity index (χ3n) is 4.44. The summed E-state index contributed by atoms with van der Waals surface area (Å²) in [5.41, 5.74) is 8.07. The predicted octanol–water partition coefficient (Wildman–Crippen LogP) is 2.83. The maximum Gasteiger partial charge on any atom is 0.130 e. The van der Waals surface area contributed by atoms with Crippen molar-refractivity contribution in [2.24, 2.45) is 5.92 Å². The van der Waals surface area contributed by atoms with Crippen molar-refractivity contribution in [2.45, 2.75) is 32.1 Å². The number of nitrogens with one attached hydrogen (secondary N) is 1. The van der Waals surface area contributed by atoms with Gasteiger partial charge < -0.3 is 16.0 Å². The van der Waals surface area contributed by atoms with Crippen molar-refractivity contribution < 1.29 is 0 Å². The van der Waals surface area contributed by atoms with Gasteiger partial charge in [-0.25, -0.2) is 0 Å². The molecule has 1 saturated carbocycles. The van der Waals surface area contributed by atoms with E-state index >= 15 is 0 Å². The fourth-order valence-electron chi connectivity index (χ4n) is 3.05. The van der Waals surface area contributed by atoms with Crippen molar-refractivity contribution in [2.75, 3.05) is 37.2 Å². The number of nitriles is 1. The first kappa shape index (κ1) is 13.7. The Balaban J connectivity index is 1.67. The Bertz CT molecular complexity index is 527. The lowest BCUT2D eigenvalue weighted by atomic mass is 10.1. The number of nitrogen functional groups attached to an aromatic ring is 1. The average Bonchev–Trinajstić information content (AvgIpc) is 3.09. The molecule has 3 rings (SSSR count). The Morgan fingerprint density at radius 1 is 1.45 bits per heavy atom. The Kier molecular flexibility index (Phi) is 3.86. The second-order valence-corrected chi connectivity index (χ2v) is 6.92. The second-order valence-electron chi connectivity index (χ2n) is 5.90. The molecule has 1 unspecified atom stereocenters. The molecule has 1 saturated heterocycles. The SMILES string of the molecule is CCN1CCC(CNc2sc(C#N)c(N)c2C2CC2)C1. The summed E-state index contributed by atoms with van der Waals surface area (Å²) in [5.74, 6) is 1.31. The van der Waals surface area contributed by atoms with Gasteiger partial charge in [-0.15, -0.1) is 11.3 Å². The summed E-state index contributed by atoms with van der Waals surface area (Å²) in [4.78, 5) is 3.17. The molecule has 2 fully saturated rings. The highest BCUT2D eigenvalue weighted by Crippen LogP contribution is 2.50. The molecule has 2 aliphatic rings. The molecule has 0 aromatic carbocycles. The molecule has 20 heavy (non-hydrogen) atoms. The van der Waals surface area contributed by atoms with Crippen LogP contribution in [-0.4, -0.2) is 31.1 Å². The van der Waals surface area contributed by atoms with Gasteiger partial charge in [0, 0.05) is 18.7 Å². The van der Waals surface area contributed by atoms with E-state index in [1.54, 1.807) is 0 Å². The quantitative estimate of drug-likeness (QED) is 0.875. The predicted molar refractivity (Wildman–Crippen MR) is 84.1 cm³/mol. The smallest absolute Gasteiger partial charge is 0.130 e. The normalized spacial score (nSPS) is 22.9. The van der Waals surface area contributed by atoms with Crippen molar-refractivity contribution in [1.29, 1.82) is 5.26 Å². The topological polar surface area (TPSA) is 65.1 Å². The summed E-state index contributed by atoms with van der Waals surface area (Å²) < 4.78 is 0. The van der Waals surface area contributed by atoms with Crippen molar-refractivity contribution in [3.8, 4) is 6.07 Å². The van der Waals surface area contributed by atoms with Crippen molar-refractivity contribution in [1.82, 2.24) is 4.90 Å². The van der Waals surface area contributed by atoms with Gasteiger partial charge in [-0.1, -0.05) is 6.92 Å². The summed E-state index contributed by atoms with van der Waals surface area (Å²) in [6, 6.07) is 2.23. The van der Waals surface area contributed by atoms with E-state index in [1.807, 2.05) is 0 Å². The monoisotopic (exact) mass is 290 g/mol. The Morgan fingerprint density at radius 2 is 2.25 bits per heavy atom. The third kappa shape index (κ3) is 2.63. The van der Waals surface area contributed by atoms with Gasteiger partial charge >= 0.3 is 0 Å². The van der Waals surface area contributed by atoms with Gasteiger partial charge in [0.1, 0.15) is 10.9 Å². The molecule has 1 atom stereocenters. The minimum Gasteiger partial charge on any atom is -0.397 e. The van der Waals surface area contributed by atoms with Crippen molar-refractivity contribution in [3.05, 3.63) is 10.4 Å². The van der Waals surface area contributed by atoms with Crippen LogP contribution in [0.2, 0.25) is 0 Å². The minimum atomic E-state index is 0.589. The lowest BCUT2D eigenvalue weighted by Crippen LogP contribution is -2.22. The number of rotatable bonds is 5. The third-order valence-corrected chi connectivity index (χ3v) is 5.52. The first-order valence-electron chi connectivity index (χ1n) is 7.51. The standard InChI is InChI=1S/C15H22N4S/c1-2-19-6-5-10(9-19)8-18-15-13(11-3-4-11)14(17)12(7-16)20-15/h10-11,18H,2-6,8-9,17H2,1H3. The van der Waals surface area contributed by atoms with Crippen LogP contribution in [0.15, 0.2) is 0 Å². The van der Waals surface area contributed by atoms with E-state index < -0.39 is 0 Å². The lowest BCUT2D eigenvalue weighted by Gasteiger charge is -2.14. The van der Waals surface area contributed by atoms with E-state index in [4.69, 9.17) is 11.0 Å². The van der Waals surface area contributed by atoms with E-state index in [-0.39, 0.29) is 0 Å². The number of hydrogen-bond acceptors (Lipinski definition) is 5. The van der Waals surface area contributed by atoms with E-state index in [1.165, 1.54) is 49.3 Å². The van der Waals surface area contributed by atoms with Crippen LogP contribution in [0.5, 0.6) is 0 Å². The van der Waals surface area contributed by atoms with Crippen LogP contribution < -0.4 is 11.1 Å². The molecule has 0 spiro atoms. The zero-order valence-electron chi connectivity index (χ0n) is 12.0. The highest BCUT2D eigenvalue weighted by Gasteiger charge is 2.32. The molecule has 2 heterocycles. The fourth-order valence-corrected chi connectivity index (χ4v) is 4.06. The molecule has 1 aromatic heterocycles. The number of likely N-dealkylation sites (tertiary alicyclic amines) is 1. The molecule has 0 amide bonds. The van der Waals surface area contributed by atoms with Crippen LogP contribution >= 0.6 is 11.3 Å². The highest BCUT2D eigenvalue weighted by molar-refractivity contribution is 7.17.